The van der Waals surface area contributed by atoms with Gasteiger partial charge in [-0.05, 0) is 0 Å². The van der Waals surface area contributed by atoms with E-state index in [1.54, 1.807) is 12.1 Å². The first-order chi connectivity index (χ1) is 8.47. The molecule has 3 nitrogen and oxygen atoms in total. The van der Waals surface area contributed by atoms with Crippen molar-refractivity contribution in [2.75, 3.05) is 5.73 Å². The third-order valence-electron chi connectivity index (χ3n) is 2.59. The van der Waals surface area contributed by atoms with Crippen LogP contribution in [0.4, 0.5) is 5.69 Å². The molecule has 0 aromatic heterocycles. The summed E-state index contributed by atoms with van der Waals surface area (Å²) in [6.07, 6.45) is 0. The van der Waals surface area contributed by atoms with Crippen molar-refractivity contribution in [3.63, 3.8) is 0 Å². The van der Waals surface area contributed by atoms with Gasteiger partial charge in [-0.25, -0.2) is 0 Å². The first-order valence-corrected chi connectivity index (χ1v) is 8.70. The maximum absolute atomic E-state index is 11.4. The molecule has 2 aromatic carbocycles. The van der Waals surface area contributed by atoms with E-state index in [-0.39, 0.29) is 5.75 Å². The van der Waals surface area contributed by atoms with Crippen LogP contribution in [0.25, 0.3) is 11.1 Å². The van der Waals surface area contributed by atoms with Crippen molar-refractivity contribution in [2.24, 2.45) is 0 Å². The summed E-state index contributed by atoms with van der Waals surface area (Å²) >= 11 is 2.39. The monoisotopic (exact) mass is 352 g/mol. The van der Waals surface area contributed by atoms with Crippen molar-refractivity contribution < 1.29 is 26.4 Å². The molecule has 0 amide bonds. The zero-order valence-corrected chi connectivity index (χ0v) is 11.8. The molecule has 18 heavy (non-hydrogen) atoms. The van der Waals surface area contributed by atoms with Crippen molar-refractivity contribution in [2.45, 2.75) is 5.75 Å². The average Bonchev–Trinajstić information content (AvgIpc) is 2.29. The third-order valence-corrected chi connectivity index (χ3v) is 3.90. The van der Waals surface area contributed by atoms with Crippen LogP contribution in [-0.2, 0) is 31.4 Å². The number of rotatable bonds is 3. The molecule has 2 aromatic rings. The molecule has 0 radical (unpaired) electrons. The first-order valence-electron chi connectivity index (χ1n) is 5.30. The Labute approximate surface area is 116 Å². The van der Waals surface area contributed by atoms with Crippen LogP contribution >= 0.6 is 0 Å². The number of para-hydroxylation sites is 1. The fraction of sp³-hybridized carbons (Fsp3) is 0.0769. The summed E-state index contributed by atoms with van der Waals surface area (Å²) in [6.45, 7) is 0. The molecule has 0 aliphatic carbocycles. The van der Waals surface area contributed by atoms with Gasteiger partial charge in [0.1, 0.15) is 0 Å². The molecule has 2 rings (SSSR count). The molecular weight excluding hydrogens is 341 g/mol. The van der Waals surface area contributed by atoms with Crippen molar-refractivity contribution >= 4 is 13.3 Å². The summed E-state index contributed by atoms with van der Waals surface area (Å²) in [5.74, 6) is -0.0414. The van der Waals surface area contributed by atoms with E-state index in [1.807, 2.05) is 36.4 Å². The predicted octanol–water partition coefficient (Wildman–Crippen LogP) is 2.31. The predicted molar refractivity (Wildman–Crippen MR) is 68.9 cm³/mol. The third kappa shape index (κ3) is 3.20. The zero-order valence-electron chi connectivity index (χ0n) is 9.44. The fourth-order valence-corrected chi connectivity index (χ4v) is 3.16. The molecule has 0 saturated carbocycles. The van der Waals surface area contributed by atoms with E-state index < -0.39 is 7.66 Å². The molecule has 5 heteroatoms. The second-order valence-electron chi connectivity index (χ2n) is 3.89. The molecule has 96 valence electrons. The summed E-state index contributed by atoms with van der Waals surface area (Å²) < 4.78 is 22.7. The zero-order chi connectivity index (χ0) is 13.2. The maximum atomic E-state index is 11.4. The van der Waals surface area contributed by atoms with Crippen LogP contribution in [0.5, 0.6) is 0 Å². The van der Waals surface area contributed by atoms with Crippen LogP contribution in [-0.4, -0.2) is 8.42 Å². The van der Waals surface area contributed by atoms with Gasteiger partial charge in [-0.1, -0.05) is 0 Å². The van der Waals surface area contributed by atoms with E-state index in [1.165, 1.54) is 0 Å². The van der Waals surface area contributed by atoms with Gasteiger partial charge in [0, 0.05) is 0 Å². The average molecular weight is 353 g/mol. The second kappa shape index (κ2) is 5.23. The van der Waals surface area contributed by atoms with Crippen LogP contribution < -0.4 is 5.73 Å². The summed E-state index contributed by atoms with van der Waals surface area (Å²) in [5, 5.41) is 0. The SMILES string of the molecule is Nc1ccccc1-c1ccccc1C[S](=O)(=O)[Pd+]. The molecule has 0 aliphatic heterocycles. The molecule has 0 unspecified atom stereocenters. The van der Waals surface area contributed by atoms with Crippen LogP contribution in [0, 0.1) is 0 Å². The Hall–Kier alpha value is -1.15. The Morgan fingerprint density at radius 3 is 2.11 bits per heavy atom. The van der Waals surface area contributed by atoms with Crippen molar-refractivity contribution in [3.05, 3.63) is 54.1 Å². The Bertz CT molecular complexity index is 668. The quantitative estimate of drug-likeness (QED) is 0.681. The minimum absolute atomic E-state index is 0.0414. The Balaban J connectivity index is 2.56. The van der Waals surface area contributed by atoms with Gasteiger partial charge in [0.15, 0.2) is 0 Å². The Morgan fingerprint density at radius 1 is 0.944 bits per heavy atom. The van der Waals surface area contributed by atoms with E-state index in [0.29, 0.717) is 5.69 Å². The van der Waals surface area contributed by atoms with E-state index in [2.05, 4.69) is 17.9 Å². The van der Waals surface area contributed by atoms with Gasteiger partial charge in [-0.2, -0.15) is 0 Å². The van der Waals surface area contributed by atoms with E-state index in [4.69, 9.17) is 5.73 Å². The molecule has 0 atom stereocenters. The summed E-state index contributed by atoms with van der Waals surface area (Å²) in [4.78, 5) is 0. The molecule has 0 bridgehead atoms. The Kier molecular flexibility index (Phi) is 3.86. The Morgan fingerprint density at radius 2 is 1.50 bits per heavy atom. The van der Waals surface area contributed by atoms with Gasteiger partial charge in [0.2, 0.25) is 0 Å². The van der Waals surface area contributed by atoms with Crippen LogP contribution in [0.2, 0.25) is 0 Å². The number of hydrogen-bond acceptors (Lipinski definition) is 3. The first kappa shape index (κ1) is 13.3. The van der Waals surface area contributed by atoms with Crippen molar-refractivity contribution in [1.29, 1.82) is 0 Å². The molecule has 0 aliphatic rings. The summed E-state index contributed by atoms with van der Waals surface area (Å²) in [6, 6.07) is 14.8. The molecular formula is C13H12NO2PdS+. The molecule has 0 spiro atoms. The fourth-order valence-electron chi connectivity index (χ4n) is 1.83. The van der Waals surface area contributed by atoms with Crippen LogP contribution in [0.1, 0.15) is 5.56 Å². The van der Waals surface area contributed by atoms with Crippen molar-refractivity contribution in [3.8, 4) is 11.1 Å². The van der Waals surface area contributed by atoms with Gasteiger partial charge in [0.05, 0.1) is 0 Å². The number of nitrogens with two attached hydrogens (primary N) is 1. The van der Waals surface area contributed by atoms with Crippen LogP contribution in [0.15, 0.2) is 48.5 Å². The van der Waals surface area contributed by atoms with Gasteiger partial charge < -0.3 is 0 Å². The van der Waals surface area contributed by atoms with E-state index in [0.717, 1.165) is 16.7 Å². The molecule has 0 heterocycles. The number of anilines is 1. The standard InChI is InChI=1S/C13H12NO2S.Pd/c14-13-8-4-3-7-12(13)11-6-2-1-5-10(11)9-17(15)16;/h1-8H,9,14H2;/q;+1. The molecule has 0 saturated heterocycles. The number of benzene rings is 2. The minimum atomic E-state index is -3.21. The van der Waals surface area contributed by atoms with Crippen LogP contribution in [0.3, 0.4) is 0 Å². The summed E-state index contributed by atoms with van der Waals surface area (Å²) in [7, 11) is -3.21. The number of nitrogen functional groups attached to an aromatic ring is 1. The molecule has 0 fully saturated rings. The topological polar surface area (TPSA) is 60.2 Å². The van der Waals surface area contributed by atoms with E-state index in [9.17, 15) is 8.42 Å². The summed E-state index contributed by atoms with van der Waals surface area (Å²) in [5.41, 5.74) is 9.01. The van der Waals surface area contributed by atoms with E-state index >= 15 is 0 Å². The second-order valence-corrected chi connectivity index (χ2v) is 8.08. The molecule has 2 N–H and O–H groups in total. The van der Waals surface area contributed by atoms with Gasteiger partial charge in [-0.3, -0.25) is 0 Å². The van der Waals surface area contributed by atoms with Gasteiger partial charge in [0.25, 0.3) is 0 Å². The van der Waals surface area contributed by atoms with Gasteiger partial charge in [-0.15, -0.1) is 0 Å². The van der Waals surface area contributed by atoms with Crippen molar-refractivity contribution in [1.82, 2.24) is 0 Å². The normalized spacial score (nSPS) is 11.4. The van der Waals surface area contributed by atoms with Gasteiger partial charge >= 0.3 is 116 Å². The number of hydrogen-bond donors (Lipinski definition) is 1.